The molecule has 0 atom stereocenters. The molecule has 6 heteroatoms. The van der Waals surface area contributed by atoms with Crippen LogP contribution in [0.2, 0.25) is 0 Å². The molecule has 18 heavy (non-hydrogen) atoms. The van der Waals surface area contributed by atoms with Crippen LogP contribution in [0.1, 0.15) is 18.4 Å². The highest BCUT2D eigenvalue weighted by Crippen LogP contribution is 2.11. The summed E-state index contributed by atoms with van der Waals surface area (Å²) in [6, 6.07) is 7.27. The molecule has 0 heterocycles. The first-order chi connectivity index (χ1) is 8.57. The number of sulfonamides is 1. The molecule has 1 rings (SSSR count). The number of hydrogen-bond acceptors (Lipinski definition) is 3. The molecule has 102 valence electrons. The first-order valence-corrected chi connectivity index (χ1v) is 7.92. The second-order valence-electron chi connectivity index (χ2n) is 3.88. The van der Waals surface area contributed by atoms with Gasteiger partial charge in [0.1, 0.15) is 5.75 Å². The van der Waals surface area contributed by atoms with Crippen molar-refractivity contribution in [3.63, 3.8) is 0 Å². The van der Waals surface area contributed by atoms with E-state index >= 15 is 0 Å². The van der Waals surface area contributed by atoms with E-state index in [1.807, 2.05) is 12.1 Å². The van der Waals surface area contributed by atoms with Gasteiger partial charge in [0.05, 0.1) is 12.9 Å². The van der Waals surface area contributed by atoms with E-state index in [-0.39, 0.29) is 5.75 Å². The number of benzene rings is 1. The minimum absolute atomic E-state index is 0.121. The number of nitrogens with one attached hydrogen (secondary N) is 1. The Bertz CT molecular complexity index is 445. The molecule has 1 aromatic rings. The standard InChI is InChI=1S/C12H18ClNO3S/c1-17-12-6-4-11(5-7-12)10-14-18(15,16)9-3-2-8-13/h4-7,14H,2-3,8-10H2,1H3. The number of methoxy groups -OCH3 is 1. The van der Waals surface area contributed by atoms with Gasteiger partial charge in [-0.2, -0.15) is 0 Å². The average Bonchev–Trinajstić information content (AvgIpc) is 2.37. The minimum Gasteiger partial charge on any atom is -0.497 e. The lowest BCUT2D eigenvalue weighted by Gasteiger charge is -2.07. The maximum atomic E-state index is 11.6. The van der Waals surface area contributed by atoms with Crippen LogP contribution in [0.15, 0.2) is 24.3 Å². The molecule has 0 aliphatic heterocycles. The van der Waals surface area contributed by atoms with Crippen LogP contribution in [-0.4, -0.2) is 27.2 Å². The molecule has 0 amide bonds. The average molecular weight is 292 g/mol. The van der Waals surface area contributed by atoms with Gasteiger partial charge in [0.25, 0.3) is 0 Å². The van der Waals surface area contributed by atoms with Crippen LogP contribution in [0.5, 0.6) is 5.75 Å². The first kappa shape index (κ1) is 15.3. The van der Waals surface area contributed by atoms with Crippen LogP contribution in [0.3, 0.4) is 0 Å². The maximum absolute atomic E-state index is 11.6. The Hall–Kier alpha value is -0.780. The predicted molar refractivity (Wildman–Crippen MR) is 73.6 cm³/mol. The molecule has 0 saturated carbocycles. The van der Waals surface area contributed by atoms with Gasteiger partial charge in [0, 0.05) is 12.4 Å². The zero-order valence-electron chi connectivity index (χ0n) is 10.4. The largest absolute Gasteiger partial charge is 0.497 e. The zero-order valence-corrected chi connectivity index (χ0v) is 11.9. The van der Waals surface area contributed by atoms with E-state index in [4.69, 9.17) is 16.3 Å². The van der Waals surface area contributed by atoms with Crippen molar-refractivity contribution < 1.29 is 13.2 Å². The molecule has 0 aliphatic rings. The van der Waals surface area contributed by atoms with Gasteiger partial charge in [-0.25, -0.2) is 13.1 Å². The van der Waals surface area contributed by atoms with E-state index in [9.17, 15) is 8.42 Å². The van der Waals surface area contributed by atoms with Gasteiger partial charge in [-0.05, 0) is 30.5 Å². The van der Waals surface area contributed by atoms with Gasteiger partial charge < -0.3 is 4.74 Å². The van der Waals surface area contributed by atoms with E-state index in [2.05, 4.69) is 4.72 Å². The van der Waals surface area contributed by atoms with E-state index < -0.39 is 10.0 Å². The Kier molecular flexibility index (Phi) is 6.46. The number of halogens is 1. The molecule has 0 unspecified atom stereocenters. The van der Waals surface area contributed by atoms with Gasteiger partial charge >= 0.3 is 0 Å². The number of hydrogen-bond donors (Lipinski definition) is 1. The van der Waals surface area contributed by atoms with E-state index in [0.717, 1.165) is 11.3 Å². The summed E-state index contributed by atoms with van der Waals surface area (Å²) in [6.07, 6.45) is 1.30. The molecule has 0 bridgehead atoms. The highest BCUT2D eigenvalue weighted by atomic mass is 35.5. The fourth-order valence-corrected chi connectivity index (χ4v) is 2.70. The Balaban J connectivity index is 2.43. The summed E-state index contributed by atoms with van der Waals surface area (Å²) in [5.74, 6) is 1.37. The fraction of sp³-hybridized carbons (Fsp3) is 0.500. The third-order valence-corrected chi connectivity index (χ3v) is 4.13. The molecule has 1 N–H and O–H groups in total. The van der Waals surface area contributed by atoms with Crippen LogP contribution in [0, 0.1) is 0 Å². The van der Waals surface area contributed by atoms with Crippen molar-refractivity contribution in [2.45, 2.75) is 19.4 Å². The maximum Gasteiger partial charge on any atom is 0.211 e. The molecule has 0 aliphatic carbocycles. The highest BCUT2D eigenvalue weighted by molar-refractivity contribution is 7.89. The Labute approximate surface area is 113 Å². The highest BCUT2D eigenvalue weighted by Gasteiger charge is 2.09. The summed E-state index contributed by atoms with van der Waals surface area (Å²) < 4.78 is 30.8. The number of rotatable bonds is 8. The summed E-state index contributed by atoms with van der Waals surface area (Å²) >= 11 is 5.50. The smallest absolute Gasteiger partial charge is 0.211 e. The van der Waals surface area contributed by atoms with Crippen molar-refractivity contribution in [2.24, 2.45) is 0 Å². The third-order valence-electron chi connectivity index (χ3n) is 2.45. The number of alkyl halides is 1. The van der Waals surface area contributed by atoms with Crippen molar-refractivity contribution in [3.05, 3.63) is 29.8 Å². The molecule has 0 radical (unpaired) electrons. The Morgan fingerprint density at radius 3 is 2.44 bits per heavy atom. The SMILES string of the molecule is COc1ccc(CNS(=O)(=O)CCCCCl)cc1. The van der Waals surface area contributed by atoms with Crippen molar-refractivity contribution in [1.82, 2.24) is 4.72 Å². The third kappa shape index (κ3) is 5.71. The molecule has 1 aromatic carbocycles. The quantitative estimate of drug-likeness (QED) is 0.590. The van der Waals surface area contributed by atoms with E-state index in [1.54, 1.807) is 19.2 Å². The van der Waals surface area contributed by atoms with Crippen LogP contribution in [0.25, 0.3) is 0 Å². The minimum atomic E-state index is -3.21. The lowest BCUT2D eigenvalue weighted by molar-refractivity contribution is 0.414. The molecule has 0 saturated heterocycles. The first-order valence-electron chi connectivity index (χ1n) is 5.73. The van der Waals surface area contributed by atoms with Crippen LogP contribution >= 0.6 is 11.6 Å². The van der Waals surface area contributed by atoms with Crippen LogP contribution < -0.4 is 9.46 Å². The second kappa shape index (κ2) is 7.61. The van der Waals surface area contributed by atoms with Gasteiger partial charge in [0.2, 0.25) is 10.0 Å². The molecule has 0 fully saturated rings. The molecule has 0 spiro atoms. The topological polar surface area (TPSA) is 55.4 Å². The van der Waals surface area contributed by atoms with Crippen molar-refractivity contribution in [1.29, 1.82) is 0 Å². The van der Waals surface area contributed by atoms with Gasteiger partial charge in [-0.1, -0.05) is 12.1 Å². The lowest BCUT2D eigenvalue weighted by atomic mass is 10.2. The van der Waals surface area contributed by atoms with Gasteiger partial charge in [0.15, 0.2) is 0 Å². The summed E-state index contributed by atoms with van der Waals surface area (Å²) in [5, 5.41) is 0. The van der Waals surface area contributed by atoms with Crippen molar-refractivity contribution in [3.8, 4) is 5.75 Å². The normalized spacial score (nSPS) is 11.4. The van der Waals surface area contributed by atoms with Gasteiger partial charge in [-0.3, -0.25) is 0 Å². The zero-order chi connectivity index (χ0) is 13.4. The van der Waals surface area contributed by atoms with Crippen molar-refractivity contribution >= 4 is 21.6 Å². The Morgan fingerprint density at radius 2 is 1.89 bits per heavy atom. The summed E-state index contributed by atoms with van der Waals surface area (Å²) in [7, 11) is -1.62. The Morgan fingerprint density at radius 1 is 1.22 bits per heavy atom. The lowest BCUT2D eigenvalue weighted by Crippen LogP contribution is -2.25. The predicted octanol–water partition coefficient (Wildman–Crippen LogP) is 2.13. The summed E-state index contributed by atoms with van der Waals surface area (Å²) in [4.78, 5) is 0. The summed E-state index contributed by atoms with van der Waals surface area (Å²) in [5.41, 5.74) is 0.900. The number of ether oxygens (including phenoxy) is 1. The van der Waals surface area contributed by atoms with Crippen molar-refractivity contribution in [2.75, 3.05) is 18.7 Å². The molecule has 0 aromatic heterocycles. The fourth-order valence-electron chi connectivity index (χ4n) is 1.40. The van der Waals surface area contributed by atoms with Gasteiger partial charge in [-0.15, -0.1) is 11.6 Å². The van der Waals surface area contributed by atoms with Crippen LogP contribution in [0.4, 0.5) is 0 Å². The van der Waals surface area contributed by atoms with E-state index in [0.29, 0.717) is 25.3 Å². The number of unbranched alkanes of at least 4 members (excludes halogenated alkanes) is 1. The molecular formula is C12H18ClNO3S. The monoisotopic (exact) mass is 291 g/mol. The molecule has 4 nitrogen and oxygen atoms in total. The summed E-state index contributed by atoms with van der Waals surface area (Å²) in [6.45, 7) is 0.299. The van der Waals surface area contributed by atoms with Crippen LogP contribution in [-0.2, 0) is 16.6 Å². The second-order valence-corrected chi connectivity index (χ2v) is 6.19. The molecular weight excluding hydrogens is 274 g/mol. The van der Waals surface area contributed by atoms with E-state index in [1.165, 1.54) is 0 Å².